The van der Waals surface area contributed by atoms with Gasteiger partial charge in [0.25, 0.3) is 5.91 Å². The average molecular weight is 391 g/mol. The number of nitrogens with zero attached hydrogens (tertiary/aromatic N) is 1. The van der Waals surface area contributed by atoms with Gasteiger partial charge < -0.3 is 20.5 Å². The summed E-state index contributed by atoms with van der Waals surface area (Å²) in [6, 6.07) is 6.89. The number of rotatable bonds is 9. The summed E-state index contributed by atoms with van der Waals surface area (Å²) in [4.78, 5) is 25.8. The second kappa shape index (κ2) is 9.38. The van der Waals surface area contributed by atoms with Crippen LogP contribution in [0.15, 0.2) is 29.6 Å². The first-order valence-electron chi connectivity index (χ1n) is 8.55. The molecule has 0 aliphatic rings. The van der Waals surface area contributed by atoms with E-state index in [4.69, 9.17) is 15.2 Å². The predicted molar refractivity (Wildman–Crippen MR) is 107 cm³/mol. The van der Waals surface area contributed by atoms with Crippen molar-refractivity contribution in [3.05, 3.63) is 40.8 Å². The minimum atomic E-state index is -0.561. The summed E-state index contributed by atoms with van der Waals surface area (Å²) in [5.41, 5.74) is 6.63. The molecule has 1 atom stereocenters. The van der Waals surface area contributed by atoms with Crippen molar-refractivity contribution < 1.29 is 19.1 Å². The van der Waals surface area contributed by atoms with E-state index < -0.39 is 11.9 Å². The van der Waals surface area contributed by atoms with Crippen LogP contribution in [0, 0.1) is 0 Å². The number of nitrogens with one attached hydrogen (secondary N) is 1. The summed E-state index contributed by atoms with van der Waals surface area (Å²) >= 11 is 1.27. The zero-order chi connectivity index (χ0) is 20.0. The van der Waals surface area contributed by atoms with Gasteiger partial charge in [-0.1, -0.05) is 6.07 Å². The van der Waals surface area contributed by atoms with Gasteiger partial charge in [-0.25, -0.2) is 0 Å². The van der Waals surface area contributed by atoms with Crippen LogP contribution in [-0.2, 0) is 11.3 Å². The quantitative estimate of drug-likeness (QED) is 0.685. The Bertz CT molecular complexity index is 806. The largest absolute Gasteiger partial charge is 0.493 e. The molecule has 0 radical (unpaired) electrons. The second-order valence-corrected chi connectivity index (χ2v) is 6.94. The highest BCUT2D eigenvalue weighted by Gasteiger charge is 2.21. The Hall–Kier alpha value is -2.58. The lowest BCUT2D eigenvalue weighted by Crippen LogP contribution is -2.39. The molecule has 27 heavy (non-hydrogen) atoms. The Morgan fingerprint density at radius 3 is 2.67 bits per heavy atom. The van der Waals surface area contributed by atoms with Gasteiger partial charge in [-0.15, -0.1) is 11.3 Å². The lowest BCUT2D eigenvalue weighted by molar-refractivity contribution is -0.120. The third-order valence-corrected chi connectivity index (χ3v) is 5.00. The summed E-state index contributed by atoms with van der Waals surface area (Å²) in [7, 11) is 3.45. The molecular weight excluding hydrogens is 366 g/mol. The number of methoxy groups -OCH3 is 1. The van der Waals surface area contributed by atoms with Gasteiger partial charge >= 0.3 is 0 Å². The van der Waals surface area contributed by atoms with E-state index in [9.17, 15) is 9.59 Å². The zero-order valence-corrected chi connectivity index (χ0v) is 16.8. The normalized spacial score (nSPS) is 11.9. The van der Waals surface area contributed by atoms with Crippen molar-refractivity contribution >= 4 is 28.2 Å². The van der Waals surface area contributed by atoms with E-state index >= 15 is 0 Å². The number of carbonyl (C=O) groups is 2. The molecule has 1 aromatic heterocycles. The van der Waals surface area contributed by atoms with E-state index in [0.717, 1.165) is 5.56 Å². The topological polar surface area (TPSA) is 93.9 Å². The number of likely N-dealkylation sites (N-methyl/N-ethyl adjacent to an activating group) is 1. The average Bonchev–Trinajstić information content (AvgIpc) is 3.10. The van der Waals surface area contributed by atoms with Crippen LogP contribution >= 0.6 is 11.3 Å². The molecular formula is C19H25N3O4S. The summed E-state index contributed by atoms with van der Waals surface area (Å²) < 4.78 is 10.9. The Balaban J connectivity index is 2.04. The molecule has 0 bridgehead atoms. The summed E-state index contributed by atoms with van der Waals surface area (Å²) in [5, 5.41) is 4.97. The summed E-state index contributed by atoms with van der Waals surface area (Å²) in [6.45, 7) is 4.82. The van der Waals surface area contributed by atoms with Crippen molar-refractivity contribution in [2.45, 2.75) is 26.4 Å². The highest BCUT2D eigenvalue weighted by molar-refractivity contribution is 7.14. The van der Waals surface area contributed by atoms with Crippen molar-refractivity contribution in [1.82, 2.24) is 4.90 Å². The Kier molecular flexibility index (Phi) is 7.20. The fourth-order valence-electron chi connectivity index (χ4n) is 2.53. The molecule has 0 spiro atoms. The van der Waals surface area contributed by atoms with E-state index in [1.54, 1.807) is 25.5 Å². The van der Waals surface area contributed by atoms with E-state index in [2.05, 4.69) is 5.32 Å². The molecule has 1 heterocycles. The van der Waals surface area contributed by atoms with Gasteiger partial charge in [-0.2, -0.15) is 0 Å². The van der Waals surface area contributed by atoms with Crippen molar-refractivity contribution in [3.63, 3.8) is 0 Å². The molecule has 1 aromatic carbocycles. The van der Waals surface area contributed by atoms with Crippen LogP contribution in [0.25, 0.3) is 0 Å². The molecule has 2 amide bonds. The first kappa shape index (κ1) is 20.7. The van der Waals surface area contributed by atoms with Gasteiger partial charge in [0.15, 0.2) is 11.5 Å². The number of hydrogen-bond acceptors (Lipinski definition) is 6. The highest BCUT2D eigenvalue weighted by atomic mass is 32.1. The van der Waals surface area contributed by atoms with Gasteiger partial charge in [0.1, 0.15) is 5.00 Å². The molecule has 0 aliphatic carbocycles. The van der Waals surface area contributed by atoms with E-state index in [0.29, 0.717) is 35.2 Å². The van der Waals surface area contributed by atoms with E-state index in [1.165, 1.54) is 11.3 Å². The van der Waals surface area contributed by atoms with Crippen LogP contribution in [0.2, 0.25) is 0 Å². The molecule has 1 unspecified atom stereocenters. The zero-order valence-electron chi connectivity index (χ0n) is 15.9. The van der Waals surface area contributed by atoms with E-state index in [-0.39, 0.29) is 5.91 Å². The number of amides is 2. The fourth-order valence-corrected chi connectivity index (χ4v) is 3.32. The van der Waals surface area contributed by atoms with E-state index in [1.807, 2.05) is 37.1 Å². The molecule has 146 valence electrons. The molecule has 7 nitrogen and oxygen atoms in total. The maximum Gasteiger partial charge on any atom is 0.251 e. The maximum absolute atomic E-state index is 12.5. The number of anilines is 1. The van der Waals surface area contributed by atoms with Crippen LogP contribution in [0.4, 0.5) is 5.00 Å². The lowest BCUT2D eigenvalue weighted by atomic mass is 10.1. The number of ether oxygens (including phenoxy) is 2. The SMILES string of the molecule is CCOc1ccc(CN(C)C(C)C(=O)Nc2sccc2C(N)=O)cc1OC. The Morgan fingerprint density at radius 1 is 1.30 bits per heavy atom. The van der Waals surface area contributed by atoms with Crippen molar-refractivity contribution in [3.8, 4) is 11.5 Å². The molecule has 0 saturated heterocycles. The van der Waals surface area contributed by atoms with Crippen LogP contribution in [0.1, 0.15) is 29.8 Å². The minimum absolute atomic E-state index is 0.208. The van der Waals surface area contributed by atoms with Crippen LogP contribution < -0.4 is 20.5 Å². The van der Waals surface area contributed by atoms with Gasteiger partial charge in [0, 0.05) is 6.54 Å². The predicted octanol–water partition coefficient (Wildman–Crippen LogP) is 2.71. The number of carbonyl (C=O) groups excluding carboxylic acids is 2. The minimum Gasteiger partial charge on any atom is -0.493 e. The molecule has 0 fully saturated rings. The van der Waals surface area contributed by atoms with Gasteiger partial charge in [0.2, 0.25) is 5.91 Å². The Labute approximate surface area is 163 Å². The first-order chi connectivity index (χ1) is 12.9. The smallest absolute Gasteiger partial charge is 0.251 e. The highest BCUT2D eigenvalue weighted by Crippen LogP contribution is 2.29. The third kappa shape index (κ3) is 5.21. The lowest BCUT2D eigenvalue weighted by Gasteiger charge is -2.24. The van der Waals surface area contributed by atoms with Gasteiger partial charge in [-0.3, -0.25) is 14.5 Å². The number of thiophene rings is 1. The summed E-state index contributed by atoms with van der Waals surface area (Å²) in [5.74, 6) is 0.577. The molecule has 0 saturated carbocycles. The number of nitrogens with two attached hydrogens (primary N) is 1. The maximum atomic E-state index is 12.5. The number of benzene rings is 1. The van der Waals surface area contributed by atoms with Crippen LogP contribution in [0.3, 0.4) is 0 Å². The van der Waals surface area contributed by atoms with Crippen molar-refractivity contribution in [1.29, 1.82) is 0 Å². The first-order valence-corrected chi connectivity index (χ1v) is 9.43. The van der Waals surface area contributed by atoms with Crippen molar-refractivity contribution in [2.75, 3.05) is 26.1 Å². The van der Waals surface area contributed by atoms with Crippen LogP contribution in [-0.4, -0.2) is 43.5 Å². The monoisotopic (exact) mass is 391 g/mol. The fraction of sp³-hybridized carbons (Fsp3) is 0.368. The Morgan fingerprint density at radius 2 is 2.04 bits per heavy atom. The number of hydrogen-bond donors (Lipinski definition) is 2. The second-order valence-electron chi connectivity index (χ2n) is 6.03. The van der Waals surface area contributed by atoms with Crippen molar-refractivity contribution in [2.24, 2.45) is 5.73 Å². The molecule has 0 aliphatic heterocycles. The van der Waals surface area contributed by atoms with Crippen LogP contribution in [0.5, 0.6) is 11.5 Å². The molecule has 2 aromatic rings. The molecule has 3 N–H and O–H groups in total. The van der Waals surface area contributed by atoms with Gasteiger partial charge in [-0.05, 0) is 50.0 Å². The molecule has 8 heteroatoms. The van der Waals surface area contributed by atoms with Gasteiger partial charge in [0.05, 0.1) is 25.3 Å². The third-order valence-electron chi connectivity index (χ3n) is 4.17. The number of primary amides is 1. The summed E-state index contributed by atoms with van der Waals surface area (Å²) in [6.07, 6.45) is 0. The molecule has 2 rings (SSSR count). The standard InChI is InChI=1S/C19H25N3O4S/c1-5-26-15-7-6-13(10-16(15)25-4)11-22(3)12(2)18(24)21-19-14(17(20)23)8-9-27-19/h6-10,12H,5,11H2,1-4H3,(H2,20,23)(H,21,24).